The number of rotatable bonds is 1. The third-order valence-corrected chi connectivity index (χ3v) is 2.17. The standard InChI is InChI=1S/C10H9NO2.C2H6/c1-6(12)7-3-2-4-9-8(7)5-10(13)11-9;1-2/h2-4H,5H2,1H3,(H,11,13);1-2H3. The van der Waals surface area contributed by atoms with E-state index in [1.807, 2.05) is 19.9 Å². The molecule has 2 rings (SSSR count). The largest absolute Gasteiger partial charge is 0.326 e. The summed E-state index contributed by atoms with van der Waals surface area (Å²) in [5, 5.41) is 2.70. The highest BCUT2D eigenvalue weighted by molar-refractivity contribution is 6.05. The molecule has 1 aromatic rings. The van der Waals surface area contributed by atoms with E-state index in [9.17, 15) is 9.59 Å². The van der Waals surface area contributed by atoms with Gasteiger partial charge in [-0.1, -0.05) is 26.0 Å². The van der Waals surface area contributed by atoms with Gasteiger partial charge in [-0.2, -0.15) is 0 Å². The maximum absolute atomic E-state index is 11.2. The van der Waals surface area contributed by atoms with Gasteiger partial charge < -0.3 is 5.32 Å². The molecule has 0 saturated carbocycles. The Morgan fingerprint density at radius 1 is 1.33 bits per heavy atom. The first-order valence-corrected chi connectivity index (χ1v) is 5.11. The predicted octanol–water partition coefficient (Wildman–Crippen LogP) is 2.41. The van der Waals surface area contributed by atoms with Crippen LogP contribution in [-0.4, -0.2) is 11.7 Å². The lowest BCUT2D eigenvalue weighted by molar-refractivity contribution is -0.115. The van der Waals surface area contributed by atoms with Gasteiger partial charge in [-0.15, -0.1) is 0 Å². The highest BCUT2D eigenvalue weighted by Crippen LogP contribution is 2.26. The molecule has 3 heteroatoms. The van der Waals surface area contributed by atoms with Gasteiger partial charge in [0.15, 0.2) is 5.78 Å². The Bertz CT molecular complexity index is 397. The number of hydrogen-bond acceptors (Lipinski definition) is 2. The fraction of sp³-hybridized carbons (Fsp3) is 0.333. The molecule has 0 radical (unpaired) electrons. The normalized spacial score (nSPS) is 12.3. The lowest BCUT2D eigenvalue weighted by atomic mass is 10.0. The molecule has 3 nitrogen and oxygen atoms in total. The smallest absolute Gasteiger partial charge is 0.228 e. The molecule has 0 unspecified atom stereocenters. The molecule has 80 valence electrons. The first kappa shape index (κ1) is 11.4. The van der Waals surface area contributed by atoms with Crippen molar-refractivity contribution in [3.8, 4) is 0 Å². The maximum Gasteiger partial charge on any atom is 0.228 e. The van der Waals surface area contributed by atoms with Gasteiger partial charge in [0.2, 0.25) is 5.91 Å². The number of nitrogens with one attached hydrogen (secondary N) is 1. The van der Waals surface area contributed by atoms with Crippen molar-refractivity contribution >= 4 is 17.4 Å². The number of anilines is 1. The summed E-state index contributed by atoms with van der Waals surface area (Å²) < 4.78 is 0. The minimum atomic E-state index is -0.0382. The van der Waals surface area contributed by atoms with Gasteiger partial charge in [-0.3, -0.25) is 9.59 Å². The second-order valence-electron chi connectivity index (χ2n) is 3.11. The summed E-state index contributed by atoms with van der Waals surface area (Å²) in [5.74, 6) is -0.0305. The predicted molar refractivity (Wildman–Crippen MR) is 60.1 cm³/mol. The van der Waals surface area contributed by atoms with E-state index in [2.05, 4.69) is 5.32 Å². The molecule has 0 saturated heterocycles. The second-order valence-corrected chi connectivity index (χ2v) is 3.11. The average Bonchev–Trinajstić information content (AvgIpc) is 2.60. The molecule has 1 N–H and O–H groups in total. The van der Waals surface area contributed by atoms with Gasteiger partial charge in [0.25, 0.3) is 0 Å². The zero-order valence-corrected chi connectivity index (χ0v) is 9.26. The number of Topliss-reactive ketones (excluding diaryl/α,β-unsaturated/α-hetero) is 1. The first-order chi connectivity index (χ1) is 7.18. The summed E-state index contributed by atoms with van der Waals surface area (Å²) in [6.45, 7) is 5.51. The molecule has 15 heavy (non-hydrogen) atoms. The number of ketones is 1. The van der Waals surface area contributed by atoms with E-state index >= 15 is 0 Å². The summed E-state index contributed by atoms with van der Waals surface area (Å²) in [4.78, 5) is 22.2. The van der Waals surface area contributed by atoms with Gasteiger partial charge in [0.05, 0.1) is 6.42 Å². The fourth-order valence-electron chi connectivity index (χ4n) is 1.58. The molecule has 0 aliphatic carbocycles. The third-order valence-electron chi connectivity index (χ3n) is 2.17. The number of amides is 1. The molecule has 1 aliphatic heterocycles. The van der Waals surface area contributed by atoms with Gasteiger partial charge >= 0.3 is 0 Å². The van der Waals surface area contributed by atoms with Crippen LogP contribution in [0.25, 0.3) is 0 Å². The SMILES string of the molecule is CC.CC(=O)c1cccc2c1CC(=O)N2. The second kappa shape index (κ2) is 4.73. The van der Waals surface area contributed by atoms with E-state index in [1.54, 1.807) is 12.1 Å². The number of hydrogen-bond donors (Lipinski definition) is 1. The Labute approximate surface area is 89.5 Å². The summed E-state index contributed by atoms with van der Waals surface area (Å²) in [7, 11) is 0. The molecule has 1 aromatic carbocycles. The quantitative estimate of drug-likeness (QED) is 0.715. The van der Waals surface area contributed by atoms with Gasteiger partial charge in [0, 0.05) is 11.3 Å². The van der Waals surface area contributed by atoms with Crippen LogP contribution in [-0.2, 0) is 11.2 Å². The highest BCUT2D eigenvalue weighted by atomic mass is 16.2. The molecule has 0 fully saturated rings. The summed E-state index contributed by atoms with van der Waals surface area (Å²) in [5.41, 5.74) is 2.26. The van der Waals surface area contributed by atoms with Crippen LogP contribution in [0.4, 0.5) is 5.69 Å². The van der Waals surface area contributed by atoms with Gasteiger partial charge in [-0.05, 0) is 18.6 Å². The summed E-state index contributed by atoms with van der Waals surface area (Å²) in [6.07, 6.45) is 0.324. The molecule has 0 atom stereocenters. The van der Waals surface area contributed by atoms with Crippen LogP contribution in [0.1, 0.15) is 36.7 Å². The minimum absolute atomic E-state index is 0.00773. The Hall–Kier alpha value is -1.64. The van der Waals surface area contributed by atoms with Crippen molar-refractivity contribution < 1.29 is 9.59 Å². The van der Waals surface area contributed by atoms with Crippen molar-refractivity contribution in [2.75, 3.05) is 5.32 Å². The molecular formula is C12H15NO2. The Balaban J connectivity index is 0.000000531. The van der Waals surface area contributed by atoms with Crippen LogP contribution in [0.15, 0.2) is 18.2 Å². The van der Waals surface area contributed by atoms with E-state index < -0.39 is 0 Å². The Morgan fingerprint density at radius 3 is 2.60 bits per heavy atom. The monoisotopic (exact) mass is 205 g/mol. The van der Waals surface area contributed by atoms with Crippen LogP contribution in [0, 0.1) is 0 Å². The first-order valence-electron chi connectivity index (χ1n) is 5.11. The van der Waals surface area contributed by atoms with Gasteiger partial charge in [0.1, 0.15) is 0 Å². The van der Waals surface area contributed by atoms with Crippen LogP contribution < -0.4 is 5.32 Å². The molecule has 1 heterocycles. The molecular weight excluding hydrogens is 190 g/mol. The van der Waals surface area contributed by atoms with Crippen molar-refractivity contribution in [1.82, 2.24) is 0 Å². The van der Waals surface area contributed by atoms with Crippen molar-refractivity contribution in [3.05, 3.63) is 29.3 Å². The van der Waals surface area contributed by atoms with Crippen molar-refractivity contribution in [1.29, 1.82) is 0 Å². The molecule has 1 aliphatic rings. The zero-order chi connectivity index (χ0) is 11.4. The van der Waals surface area contributed by atoms with Crippen molar-refractivity contribution in [2.24, 2.45) is 0 Å². The minimum Gasteiger partial charge on any atom is -0.326 e. The number of carbonyl (C=O) groups excluding carboxylic acids is 2. The number of benzene rings is 1. The number of carbonyl (C=O) groups is 2. The molecule has 0 bridgehead atoms. The highest BCUT2D eigenvalue weighted by Gasteiger charge is 2.21. The fourth-order valence-corrected chi connectivity index (χ4v) is 1.58. The lowest BCUT2D eigenvalue weighted by Gasteiger charge is -2.02. The third kappa shape index (κ3) is 2.24. The van der Waals surface area contributed by atoms with Crippen molar-refractivity contribution in [3.63, 3.8) is 0 Å². The van der Waals surface area contributed by atoms with Crippen molar-refractivity contribution in [2.45, 2.75) is 27.2 Å². The van der Waals surface area contributed by atoms with E-state index in [4.69, 9.17) is 0 Å². The van der Waals surface area contributed by atoms with E-state index in [-0.39, 0.29) is 11.7 Å². The Morgan fingerprint density at radius 2 is 2.00 bits per heavy atom. The van der Waals surface area contributed by atoms with E-state index in [0.29, 0.717) is 12.0 Å². The maximum atomic E-state index is 11.2. The lowest BCUT2D eigenvalue weighted by Crippen LogP contribution is -2.03. The van der Waals surface area contributed by atoms with Gasteiger partial charge in [-0.25, -0.2) is 0 Å². The topological polar surface area (TPSA) is 46.2 Å². The average molecular weight is 205 g/mol. The van der Waals surface area contributed by atoms with Crippen LogP contribution >= 0.6 is 0 Å². The zero-order valence-electron chi connectivity index (χ0n) is 9.26. The van der Waals surface area contributed by atoms with Crippen LogP contribution in [0.2, 0.25) is 0 Å². The summed E-state index contributed by atoms with van der Waals surface area (Å²) in [6, 6.07) is 5.34. The van der Waals surface area contributed by atoms with E-state index in [0.717, 1.165) is 11.3 Å². The van der Waals surface area contributed by atoms with E-state index in [1.165, 1.54) is 6.92 Å². The summed E-state index contributed by atoms with van der Waals surface area (Å²) >= 11 is 0. The Kier molecular flexibility index (Phi) is 3.61. The van der Waals surface area contributed by atoms with Crippen LogP contribution in [0.3, 0.4) is 0 Å². The molecule has 1 amide bonds. The molecule has 0 spiro atoms. The van der Waals surface area contributed by atoms with Crippen LogP contribution in [0.5, 0.6) is 0 Å². The molecule has 0 aromatic heterocycles. The number of fused-ring (bicyclic) bond motifs is 1.